The first-order valence-electron chi connectivity index (χ1n) is 12.7. The summed E-state index contributed by atoms with van der Waals surface area (Å²) in [6.45, 7) is 7.97. The number of ether oxygens (including phenoxy) is 6. The van der Waals surface area contributed by atoms with Crippen LogP contribution in [-0.4, -0.2) is 36.9 Å². The van der Waals surface area contributed by atoms with E-state index in [-0.39, 0.29) is 12.4 Å². The van der Waals surface area contributed by atoms with Crippen LogP contribution in [0.15, 0.2) is 103 Å². The molecule has 1 fully saturated rings. The smallest absolute Gasteiger partial charge is 0.401 e. The normalized spacial score (nSPS) is 22.9. The molecule has 0 bridgehead atoms. The van der Waals surface area contributed by atoms with Gasteiger partial charge in [-0.15, -0.1) is 0 Å². The van der Waals surface area contributed by atoms with E-state index in [2.05, 4.69) is 6.58 Å². The first-order chi connectivity index (χ1) is 18.5. The van der Waals surface area contributed by atoms with E-state index < -0.39 is 36.9 Å². The number of hydrogen-bond acceptors (Lipinski definition) is 7. The van der Waals surface area contributed by atoms with Crippen molar-refractivity contribution in [2.45, 2.75) is 64.4 Å². The molecule has 0 amide bonds. The van der Waals surface area contributed by atoms with Gasteiger partial charge in [-0.1, -0.05) is 97.6 Å². The zero-order valence-electron chi connectivity index (χ0n) is 21.7. The predicted molar refractivity (Wildman–Crippen MR) is 142 cm³/mol. The number of rotatable bonds is 11. The van der Waals surface area contributed by atoms with E-state index in [0.717, 1.165) is 16.7 Å². The van der Waals surface area contributed by atoms with Crippen LogP contribution in [0.1, 0.15) is 30.5 Å². The lowest BCUT2D eigenvalue weighted by atomic mass is 9.98. The molecule has 0 aromatic heterocycles. The molecule has 3 aromatic carbocycles. The van der Waals surface area contributed by atoms with Gasteiger partial charge in [0.15, 0.2) is 0 Å². The number of carbonyl (C=O) groups is 1. The van der Waals surface area contributed by atoms with Crippen LogP contribution in [0.25, 0.3) is 0 Å². The minimum atomic E-state index is -1.09. The van der Waals surface area contributed by atoms with Gasteiger partial charge >= 0.3 is 6.16 Å². The van der Waals surface area contributed by atoms with Crippen LogP contribution in [0.4, 0.5) is 4.79 Å². The van der Waals surface area contributed by atoms with Crippen molar-refractivity contribution in [3.05, 3.63) is 120 Å². The van der Waals surface area contributed by atoms with Crippen LogP contribution in [0, 0.1) is 0 Å². The van der Waals surface area contributed by atoms with Crippen molar-refractivity contribution in [1.82, 2.24) is 0 Å². The molecule has 0 radical (unpaired) electrons. The highest BCUT2D eigenvalue weighted by Crippen LogP contribution is 2.31. The standard InChI is InChI=1S/C31H34O7/c1-22(2)36-31(32)38-30-29(35-21-26-17-11-6-12-18-26)28(34-20-25-15-9-5-10-16-25)27(23(3)37-30)33-19-24-13-7-4-8-14-24/h4-18,23,27-30H,1,19-21H2,2-3H3/t23-,27+,28+,29-,30-/m0/s1. The van der Waals surface area contributed by atoms with Gasteiger partial charge in [-0.3, -0.25) is 0 Å². The Morgan fingerprint density at radius 2 is 1.13 bits per heavy atom. The van der Waals surface area contributed by atoms with Gasteiger partial charge < -0.3 is 28.4 Å². The van der Waals surface area contributed by atoms with Crippen LogP contribution >= 0.6 is 0 Å². The second kappa shape index (κ2) is 13.9. The first-order valence-corrected chi connectivity index (χ1v) is 12.7. The molecule has 4 rings (SSSR count). The highest BCUT2D eigenvalue weighted by Gasteiger charge is 2.49. The Balaban J connectivity index is 1.59. The quantitative estimate of drug-likeness (QED) is 0.222. The molecule has 0 aliphatic carbocycles. The van der Waals surface area contributed by atoms with Gasteiger partial charge in [-0.05, 0) is 30.5 Å². The molecule has 7 nitrogen and oxygen atoms in total. The molecule has 0 spiro atoms. The van der Waals surface area contributed by atoms with E-state index in [1.54, 1.807) is 6.92 Å². The molecule has 1 saturated heterocycles. The summed E-state index contributed by atoms with van der Waals surface area (Å²) in [5.74, 6) is 0.210. The van der Waals surface area contributed by atoms with Gasteiger partial charge in [-0.25, -0.2) is 4.79 Å². The molecule has 1 heterocycles. The third-order valence-corrected chi connectivity index (χ3v) is 6.05. The molecule has 1 aliphatic heterocycles. The van der Waals surface area contributed by atoms with E-state index in [1.165, 1.54) is 0 Å². The second-order valence-electron chi connectivity index (χ2n) is 9.17. The second-order valence-corrected chi connectivity index (χ2v) is 9.17. The van der Waals surface area contributed by atoms with Crippen LogP contribution < -0.4 is 0 Å². The summed E-state index contributed by atoms with van der Waals surface area (Å²) in [7, 11) is 0. The number of hydrogen-bond donors (Lipinski definition) is 0. The van der Waals surface area contributed by atoms with E-state index in [0.29, 0.717) is 13.2 Å². The van der Waals surface area contributed by atoms with Crippen LogP contribution in [-0.2, 0) is 48.2 Å². The van der Waals surface area contributed by atoms with Gasteiger partial charge in [0.25, 0.3) is 0 Å². The average Bonchev–Trinajstić information content (AvgIpc) is 2.92. The van der Waals surface area contributed by atoms with Crippen molar-refractivity contribution in [2.24, 2.45) is 0 Å². The van der Waals surface area contributed by atoms with Crippen LogP contribution in [0.5, 0.6) is 0 Å². The van der Waals surface area contributed by atoms with Crippen molar-refractivity contribution in [3.63, 3.8) is 0 Å². The Labute approximate surface area is 223 Å². The average molecular weight is 519 g/mol. The predicted octanol–water partition coefficient (Wildman–Crippen LogP) is 6.17. The van der Waals surface area contributed by atoms with Gasteiger partial charge in [0, 0.05) is 0 Å². The highest BCUT2D eigenvalue weighted by atomic mass is 16.8. The van der Waals surface area contributed by atoms with Crippen molar-refractivity contribution >= 4 is 6.16 Å². The van der Waals surface area contributed by atoms with Gasteiger partial charge in [0.2, 0.25) is 6.29 Å². The zero-order chi connectivity index (χ0) is 26.7. The molecule has 200 valence electrons. The van der Waals surface area contributed by atoms with Crippen molar-refractivity contribution < 1.29 is 33.2 Å². The molecule has 5 atom stereocenters. The maximum atomic E-state index is 12.4. The lowest BCUT2D eigenvalue weighted by Gasteiger charge is -2.44. The summed E-state index contributed by atoms with van der Waals surface area (Å²) in [5.41, 5.74) is 2.97. The number of carbonyl (C=O) groups excluding carboxylic acids is 1. The lowest BCUT2D eigenvalue weighted by molar-refractivity contribution is -0.309. The zero-order valence-corrected chi connectivity index (χ0v) is 21.7. The summed E-state index contributed by atoms with van der Waals surface area (Å²) >= 11 is 0. The minimum absolute atomic E-state index is 0.210. The van der Waals surface area contributed by atoms with Crippen molar-refractivity contribution in [1.29, 1.82) is 0 Å². The fraction of sp³-hybridized carbons (Fsp3) is 0.323. The Kier molecular flexibility index (Phi) is 10.1. The summed E-state index contributed by atoms with van der Waals surface area (Å²) in [5, 5.41) is 0. The fourth-order valence-electron chi connectivity index (χ4n) is 4.22. The number of benzene rings is 3. The van der Waals surface area contributed by atoms with E-state index >= 15 is 0 Å². The first kappa shape index (κ1) is 27.5. The molecule has 3 aromatic rings. The van der Waals surface area contributed by atoms with Crippen LogP contribution in [0.3, 0.4) is 0 Å². The SMILES string of the molecule is C=C(C)OC(=O)O[C@@H]1O[C@@H](C)[C@@H](OCc2ccccc2)[C@@H](OCc2ccccc2)[C@@H]1OCc1ccccc1. The number of allylic oxidation sites excluding steroid dienone is 1. The Morgan fingerprint density at radius 1 is 0.711 bits per heavy atom. The molecule has 7 heteroatoms. The molecule has 0 N–H and O–H groups in total. The maximum Gasteiger partial charge on any atom is 0.515 e. The molecule has 0 saturated carbocycles. The summed E-state index contributed by atoms with van der Waals surface area (Å²) < 4.78 is 35.9. The Hall–Kier alpha value is -3.49. The van der Waals surface area contributed by atoms with Gasteiger partial charge in [-0.2, -0.15) is 0 Å². The Bertz CT molecular complexity index is 1140. The third-order valence-electron chi connectivity index (χ3n) is 6.05. The lowest BCUT2D eigenvalue weighted by Crippen LogP contribution is -2.60. The summed E-state index contributed by atoms with van der Waals surface area (Å²) in [6.07, 6.45) is -4.40. The van der Waals surface area contributed by atoms with Gasteiger partial charge in [0.05, 0.1) is 25.9 Å². The van der Waals surface area contributed by atoms with E-state index in [1.807, 2.05) is 97.9 Å². The molecular formula is C31H34O7. The molecule has 1 aliphatic rings. The van der Waals surface area contributed by atoms with E-state index in [4.69, 9.17) is 28.4 Å². The summed E-state index contributed by atoms with van der Waals surface area (Å²) in [6, 6.07) is 29.4. The van der Waals surface area contributed by atoms with Crippen molar-refractivity contribution in [2.75, 3.05) is 0 Å². The topological polar surface area (TPSA) is 72.5 Å². The molecular weight excluding hydrogens is 484 g/mol. The third kappa shape index (κ3) is 8.00. The highest BCUT2D eigenvalue weighted by molar-refractivity contribution is 5.61. The van der Waals surface area contributed by atoms with Gasteiger partial charge in [0.1, 0.15) is 24.1 Å². The minimum Gasteiger partial charge on any atom is -0.401 e. The van der Waals surface area contributed by atoms with Crippen molar-refractivity contribution in [3.8, 4) is 0 Å². The monoisotopic (exact) mass is 518 g/mol. The largest absolute Gasteiger partial charge is 0.515 e. The maximum absolute atomic E-state index is 12.4. The summed E-state index contributed by atoms with van der Waals surface area (Å²) in [4.78, 5) is 12.4. The van der Waals surface area contributed by atoms with Crippen LogP contribution in [0.2, 0.25) is 0 Å². The fourth-order valence-corrected chi connectivity index (χ4v) is 4.22. The van der Waals surface area contributed by atoms with E-state index in [9.17, 15) is 4.79 Å². The molecule has 0 unspecified atom stereocenters. The Morgan fingerprint density at radius 3 is 1.58 bits per heavy atom. The molecule has 38 heavy (non-hydrogen) atoms.